The van der Waals surface area contributed by atoms with E-state index in [1.165, 1.54) is 44.9 Å². The van der Waals surface area contributed by atoms with Gasteiger partial charge in [0.25, 0.3) is 0 Å². The summed E-state index contributed by atoms with van der Waals surface area (Å²) in [6.45, 7) is 8.05. The molecule has 0 aromatic carbocycles. The second kappa shape index (κ2) is 36.8. The predicted octanol–water partition coefficient (Wildman–Crippen LogP) is 2.91. The molecule has 0 saturated heterocycles. The van der Waals surface area contributed by atoms with E-state index in [1.54, 1.807) is 20.8 Å². The van der Waals surface area contributed by atoms with Gasteiger partial charge < -0.3 is 40.3 Å². The van der Waals surface area contributed by atoms with Crippen molar-refractivity contribution in [1.82, 2.24) is 6.15 Å². The van der Waals surface area contributed by atoms with E-state index in [4.69, 9.17) is 15.3 Å². The van der Waals surface area contributed by atoms with E-state index in [9.17, 15) is 14.4 Å². The summed E-state index contributed by atoms with van der Waals surface area (Å²) in [7, 11) is -4.74. The van der Waals surface area contributed by atoms with Crippen molar-refractivity contribution in [3.05, 3.63) is 0 Å². The van der Waals surface area contributed by atoms with Gasteiger partial charge in [0.15, 0.2) is 0 Å². The van der Waals surface area contributed by atoms with Crippen molar-refractivity contribution in [2.75, 3.05) is 26.4 Å². The Kier molecular flexibility index (Phi) is 51.3. The molecule has 0 aliphatic rings. The summed E-state index contributed by atoms with van der Waals surface area (Å²) in [5.74, 6) is 0. The molecular weight excluding hydrogens is 373 g/mol. The first kappa shape index (κ1) is 37.7. The first-order valence-electron chi connectivity index (χ1n) is 9.80. The third-order valence-electron chi connectivity index (χ3n) is 2.75. The van der Waals surface area contributed by atoms with Crippen molar-refractivity contribution < 1.29 is 34.2 Å². The minimum absolute atomic E-state index is 0. The fourth-order valence-electron chi connectivity index (χ4n) is 1.77. The Hall–Kier alpha value is -0.0500. The van der Waals surface area contributed by atoms with Gasteiger partial charge in [-0.3, -0.25) is 0 Å². The van der Waals surface area contributed by atoms with E-state index in [1.807, 2.05) is 0 Å². The fraction of sp³-hybridized carbons (Fsp3) is 1.00. The lowest BCUT2D eigenvalue weighted by molar-refractivity contribution is -0.341. The third kappa shape index (κ3) is 76.5. The number of unbranched alkanes of at least 4 members (excludes halogenated alkanes) is 9. The number of aliphatic hydroxyl groups is 3. The Balaban J connectivity index is -0.000000136. The highest BCUT2D eigenvalue weighted by Crippen LogP contribution is 2.24. The maximum absolute atomic E-state index is 10.1. The molecule has 0 atom stereocenters. The molecule has 0 radical (unpaired) electrons. The van der Waals surface area contributed by atoms with E-state index in [-0.39, 0.29) is 32.6 Å². The Labute approximate surface area is 167 Å². The van der Waals surface area contributed by atoms with Crippen LogP contribution in [0.3, 0.4) is 0 Å². The molecule has 0 amide bonds. The minimum atomic E-state index is -4.74. The van der Waals surface area contributed by atoms with Crippen LogP contribution in [0.1, 0.15) is 91.9 Å². The van der Waals surface area contributed by atoms with Crippen molar-refractivity contribution in [1.29, 1.82) is 0 Å². The summed E-state index contributed by atoms with van der Waals surface area (Å²) in [6.07, 6.45) is 11.7. The summed E-state index contributed by atoms with van der Waals surface area (Å²) < 4.78 is 14.3. The van der Waals surface area contributed by atoms with Gasteiger partial charge in [0.1, 0.15) is 0 Å². The zero-order valence-corrected chi connectivity index (χ0v) is 18.9. The van der Waals surface area contributed by atoms with Gasteiger partial charge in [-0.15, -0.1) is 0 Å². The van der Waals surface area contributed by atoms with Gasteiger partial charge in [0.05, 0.1) is 14.4 Å². The molecule has 0 bridgehead atoms. The zero-order chi connectivity index (χ0) is 21.1. The molecule has 0 aliphatic heterocycles. The summed E-state index contributed by atoms with van der Waals surface area (Å²) >= 11 is 0. The summed E-state index contributed by atoms with van der Waals surface area (Å²) in [4.78, 5) is 20.3. The molecule has 0 spiro atoms. The molecule has 9 heteroatoms. The number of hydrogen-bond donors (Lipinski definition) is 4. The molecule has 0 fully saturated rings. The summed E-state index contributed by atoms with van der Waals surface area (Å²) in [5.41, 5.74) is 0. The second-order valence-electron chi connectivity index (χ2n) is 5.41. The maximum Gasteiger partial charge on any atom is 0.0596 e. The van der Waals surface area contributed by atoms with Gasteiger partial charge in [-0.05, 0) is 27.2 Å². The third-order valence-corrected chi connectivity index (χ3v) is 3.25. The lowest BCUT2D eigenvalue weighted by atomic mass is 10.1. The number of phosphoric acid groups is 1. The molecule has 0 saturated carbocycles. The topological polar surface area (TPSA) is 168 Å². The average molecular weight is 420 g/mol. The lowest BCUT2D eigenvalue weighted by Crippen LogP contribution is -2.16. The molecule has 0 unspecified atom stereocenters. The van der Waals surface area contributed by atoms with Crippen molar-refractivity contribution in [3.8, 4) is 0 Å². The molecule has 0 aromatic heterocycles. The van der Waals surface area contributed by atoms with Gasteiger partial charge in [0, 0.05) is 19.8 Å². The Morgan fingerprint density at radius 1 is 0.667 bits per heavy atom. The normalized spacial score (nSPS) is 9.52. The van der Waals surface area contributed by atoms with Crippen molar-refractivity contribution in [3.63, 3.8) is 0 Å². The van der Waals surface area contributed by atoms with Gasteiger partial charge in [-0.25, -0.2) is 0 Å². The van der Waals surface area contributed by atoms with E-state index >= 15 is 0 Å². The van der Waals surface area contributed by atoms with Gasteiger partial charge >= 0.3 is 0 Å². The quantitative estimate of drug-likeness (QED) is 0.276. The van der Waals surface area contributed by atoms with Crippen LogP contribution in [-0.4, -0.2) is 41.7 Å². The molecule has 8 nitrogen and oxygen atoms in total. The Bertz CT molecular complexity index is 249. The zero-order valence-electron chi connectivity index (χ0n) is 18.0. The van der Waals surface area contributed by atoms with E-state index in [2.05, 4.69) is 11.4 Å². The largest absolute Gasteiger partial charge is 0.790 e. The van der Waals surface area contributed by atoms with Gasteiger partial charge in [-0.2, -0.15) is 0 Å². The van der Waals surface area contributed by atoms with Crippen LogP contribution >= 0.6 is 7.82 Å². The number of aliphatic hydroxyl groups excluding tert-OH is 3. The van der Waals surface area contributed by atoms with Crippen LogP contribution in [0.5, 0.6) is 0 Å². The predicted molar refractivity (Wildman–Crippen MR) is 109 cm³/mol. The first-order valence-corrected chi connectivity index (χ1v) is 11.3. The molecule has 0 aliphatic carbocycles. The molecule has 0 heterocycles. The van der Waals surface area contributed by atoms with Crippen LogP contribution in [0.2, 0.25) is 0 Å². The lowest BCUT2D eigenvalue weighted by Gasteiger charge is -2.28. The summed E-state index contributed by atoms with van der Waals surface area (Å²) in [6, 6.07) is 0. The van der Waals surface area contributed by atoms with Crippen molar-refractivity contribution in [2.24, 2.45) is 0 Å². The highest BCUT2D eigenvalue weighted by atomic mass is 31.2. The van der Waals surface area contributed by atoms with Crippen LogP contribution in [0, 0.1) is 0 Å². The second-order valence-corrected chi connectivity index (χ2v) is 6.56. The Morgan fingerprint density at radius 2 is 0.926 bits per heavy atom. The molecule has 0 aromatic rings. The van der Waals surface area contributed by atoms with Crippen molar-refractivity contribution >= 4 is 7.82 Å². The monoisotopic (exact) mass is 419 g/mol. The molecule has 27 heavy (non-hydrogen) atoms. The average Bonchev–Trinajstić information content (AvgIpc) is 2.54. The van der Waals surface area contributed by atoms with Crippen LogP contribution in [0.4, 0.5) is 0 Å². The van der Waals surface area contributed by atoms with Crippen LogP contribution in [-0.2, 0) is 9.09 Å². The van der Waals surface area contributed by atoms with E-state index in [0.717, 1.165) is 12.8 Å². The van der Waals surface area contributed by atoms with Gasteiger partial charge in [0.2, 0.25) is 0 Å². The number of phosphoric ester groups is 1. The molecule has 0 rings (SSSR count). The van der Waals surface area contributed by atoms with Crippen LogP contribution in [0.25, 0.3) is 0 Å². The van der Waals surface area contributed by atoms with E-state index < -0.39 is 7.82 Å². The molecule has 6 N–H and O–H groups in total. The van der Waals surface area contributed by atoms with Crippen LogP contribution < -0.4 is 15.9 Å². The SMILES string of the molecule is CCCCCCCCCCCCOP(=O)([O-])[O-].CCO.CCO.CCO.N. The van der Waals surface area contributed by atoms with Gasteiger partial charge in [-0.1, -0.05) is 64.7 Å². The highest BCUT2D eigenvalue weighted by molar-refractivity contribution is 7.43. The highest BCUT2D eigenvalue weighted by Gasteiger charge is 1.94. The standard InChI is InChI=1S/C12H27O4P.3C2H6O.H3N/c1-2-3-4-5-6-7-8-9-10-11-12-16-17(13,14)15;3*1-2-3;/h2-12H2,1H3,(H2,13,14,15);3*3H,2H2,1H3;1H3/p-2. The minimum Gasteiger partial charge on any atom is -0.790 e. The van der Waals surface area contributed by atoms with Crippen molar-refractivity contribution in [2.45, 2.75) is 91.9 Å². The molecule has 172 valence electrons. The summed E-state index contributed by atoms with van der Waals surface area (Å²) in [5, 5.41) is 22.7. The van der Waals surface area contributed by atoms with Crippen LogP contribution in [0.15, 0.2) is 0 Å². The molecular formula is C18H46NO7P-2. The number of hydrogen-bond acceptors (Lipinski definition) is 8. The Morgan fingerprint density at radius 3 is 1.19 bits per heavy atom. The maximum atomic E-state index is 10.1. The number of rotatable bonds is 12. The first-order chi connectivity index (χ1) is 12.3. The fourth-order valence-corrected chi connectivity index (χ4v) is 2.12. The smallest absolute Gasteiger partial charge is 0.0596 e. The van der Waals surface area contributed by atoms with E-state index in [0.29, 0.717) is 6.42 Å².